The predicted molar refractivity (Wildman–Crippen MR) is 108 cm³/mol. The van der Waals surface area contributed by atoms with E-state index in [1.54, 1.807) is 14.2 Å². The Morgan fingerprint density at radius 1 is 1.36 bits per heavy atom. The van der Waals surface area contributed by atoms with Gasteiger partial charge in [-0.3, -0.25) is 5.41 Å². The molecule has 1 fully saturated rings. The zero-order valence-electron chi connectivity index (χ0n) is 15.9. The van der Waals surface area contributed by atoms with E-state index in [-0.39, 0.29) is 11.9 Å². The van der Waals surface area contributed by atoms with Crippen LogP contribution in [0.25, 0.3) is 16.8 Å². The molecule has 0 spiro atoms. The van der Waals surface area contributed by atoms with Gasteiger partial charge < -0.3 is 24.2 Å². The number of nitrogens with one attached hydrogen (secondary N) is 1. The SMILES string of the molecule is COc1ccc(OC)c(-c2csc(C3=C(O)CN(C[C@H]4CCCO4)C3=N)n2)c1. The van der Waals surface area contributed by atoms with Gasteiger partial charge in [0.05, 0.1) is 38.1 Å². The van der Waals surface area contributed by atoms with Gasteiger partial charge in [-0.05, 0) is 31.0 Å². The Morgan fingerprint density at radius 3 is 2.93 bits per heavy atom. The minimum Gasteiger partial charge on any atom is -0.510 e. The highest BCUT2D eigenvalue weighted by Gasteiger charge is 2.32. The third-order valence-electron chi connectivity index (χ3n) is 5.03. The van der Waals surface area contributed by atoms with Gasteiger partial charge in [0.1, 0.15) is 28.1 Å². The van der Waals surface area contributed by atoms with Crippen molar-refractivity contribution in [3.8, 4) is 22.8 Å². The van der Waals surface area contributed by atoms with Crippen molar-refractivity contribution in [1.29, 1.82) is 5.41 Å². The number of ether oxygens (including phenoxy) is 3. The van der Waals surface area contributed by atoms with Gasteiger partial charge in [0.15, 0.2) is 0 Å². The Kier molecular flexibility index (Phi) is 5.23. The van der Waals surface area contributed by atoms with Crippen molar-refractivity contribution in [3.63, 3.8) is 0 Å². The molecular weight excluding hydrogens is 378 g/mol. The molecule has 28 heavy (non-hydrogen) atoms. The summed E-state index contributed by atoms with van der Waals surface area (Å²) in [5.41, 5.74) is 2.03. The number of rotatable bonds is 6. The number of aromatic nitrogens is 1. The van der Waals surface area contributed by atoms with Crippen LogP contribution in [-0.2, 0) is 4.74 Å². The normalized spacial score (nSPS) is 19.6. The first-order valence-electron chi connectivity index (χ1n) is 9.16. The van der Waals surface area contributed by atoms with Gasteiger partial charge in [-0.1, -0.05) is 0 Å². The van der Waals surface area contributed by atoms with Crippen molar-refractivity contribution in [2.24, 2.45) is 0 Å². The smallest absolute Gasteiger partial charge is 0.135 e. The Labute approximate surface area is 167 Å². The third kappa shape index (κ3) is 3.45. The Bertz CT molecular complexity index is 918. The number of aliphatic hydroxyl groups is 1. The van der Waals surface area contributed by atoms with E-state index >= 15 is 0 Å². The highest BCUT2D eigenvalue weighted by Crippen LogP contribution is 2.37. The number of hydrogen-bond donors (Lipinski definition) is 2. The van der Waals surface area contributed by atoms with Crippen LogP contribution in [0.4, 0.5) is 0 Å². The van der Waals surface area contributed by atoms with Gasteiger partial charge in [-0.2, -0.15) is 0 Å². The van der Waals surface area contributed by atoms with Gasteiger partial charge in [0.25, 0.3) is 0 Å². The fraction of sp³-hybridized carbons (Fsp3) is 0.400. The van der Waals surface area contributed by atoms with Crippen molar-refractivity contribution >= 4 is 22.7 Å². The van der Waals surface area contributed by atoms with Gasteiger partial charge in [-0.25, -0.2) is 4.98 Å². The summed E-state index contributed by atoms with van der Waals surface area (Å²) in [5.74, 6) is 1.88. The molecular formula is C20H23N3O4S. The number of thiazole rings is 1. The zero-order valence-corrected chi connectivity index (χ0v) is 16.7. The van der Waals surface area contributed by atoms with Crippen LogP contribution < -0.4 is 9.47 Å². The second-order valence-electron chi connectivity index (χ2n) is 6.79. The maximum Gasteiger partial charge on any atom is 0.135 e. The third-order valence-corrected chi connectivity index (χ3v) is 5.89. The zero-order chi connectivity index (χ0) is 19.7. The first-order valence-corrected chi connectivity index (χ1v) is 10.0. The summed E-state index contributed by atoms with van der Waals surface area (Å²) in [7, 11) is 3.23. The van der Waals surface area contributed by atoms with Crippen LogP contribution in [0.2, 0.25) is 0 Å². The van der Waals surface area contributed by atoms with Crippen LogP contribution in [0.15, 0.2) is 29.3 Å². The fourth-order valence-corrected chi connectivity index (χ4v) is 4.46. The second-order valence-corrected chi connectivity index (χ2v) is 7.65. The molecule has 3 heterocycles. The number of hydrogen-bond acceptors (Lipinski definition) is 7. The molecule has 0 radical (unpaired) electrons. The Balaban J connectivity index is 1.59. The highest BCUT2D eigenvalue weighted by molar-refractivity contribution is 7.11. The van der Waals surface area contributed by atoms with E-state index in [0.29, 0.717) is 41.0 Å². The molecule has 0 amide bonds. The van der Waals surface area contributed by atoms with Crippen LogP contribution in [0, 0.1) is 5.41 Å². The largest absolute Gasteiger partial charge is 0.510 e. The maximum absolute atomic E-state index is 10.5. The summed E-state index contributed by atoms with van der Waals surface area (Å²) < 4.78 is 16.4. The standard InChI is InChI=1S/C20H23N3O4S/c1-25-12-5-6-17(26-2)14(8-12)15-11-28-20(22-15)18-16(24)10-23(19(18)21)9-13-4-3-7-27-13/h5-6,8,11,13,21,24H,3-4,7,9-10H2,1-2H3/t13-/m1/s1. The van der Waals surface area contributed by atoms with E-state index in [2.05, 4.69) is 4.98 Å². The summed E-state index contributed by atoms with van der Waals surface area (Å²) in [5, 5.41) is 21.6. The maximum atomic E-state index is 10.5. The lowest BCUT2D eigenvalue weighted by atomic mass is 10.1. The molecule has 148 valence electrons. The second kappa shape index (κ2) is 7.81. The summed E-state index contributed by atoms with van der Waals surface area (Å²) in [4.78, 5) is 6.53. The monoisotopic (exact) mass is 401 g/mol. The summed E-state index contributed by atoms with van der Waals surface area (Å²) >= 11 is 1.40. The molecule has 0 aliphatic carbocycles. The fourth-order valence-electron chi connectivity index (χ4n) is 3.57. The topological polar surface area (TPSA) is 87.9 Å². The van der Waals surface area contributed by atoms with E-state index in [9.17, 15) is 5.11 Å². The molecule has 1 saturated heterocycles. The lowest BCUT2D eigenvalue weighted by molar-refractivity contribution is 0.0924. The van der Waals surface area contributed by atoms with Crippen molar-refractivity contribution in [3.05, 3.63) is 34.3 Å². The van der Waals surface area contributed by atoms with Crippen LogP contribution >= 0.6 is 11.3 Å². The van der Waals surface area contributed by atoms with Crippen molar-refractivity contribution in [2.45, 2.75) is 18.9 Å². The van der Waals surface area contributed by atoms with E-state index < -0.39 is 0 Å². The van der Waals surface area contributed by atoms with Crippen molar-refractivity contribution in [1.82, 2.24) is 9.88 Å². The van der Waals surface area contributed by atoms with Crippen LogP contribution in [-0.4, -0.2) is 60.8 Å². The predicted octanol–water partition coefficient (Wildman–Crippen LogP) is 3.57. The lowest BCUT2D eigenvalue weighted by Crippen LogP contribution is -2.34. The Hall–Kier alpha value is -2.58. The Morgan fingerprint density at radius 2 is 2.21 bits per heavy atom. The highest BCUT2D eigenvalue weighted by atomic mass is 32.1. The summed E-state index contributed by atoms with van der Waals surface area (Å²) in [6.07, 6.45) is 2.17. The van der Waals surface area contributed by atoms with Crippen LogP contribution in [0.3, 0.4) is 0 Å². The number of aliphatic hydroxyl groups excluding tert-OH is 1. The summed E-state index contributed by atoms with van der Waals surface area (Å²) in [6.45, 7) is 1.72. The van der Waals surface area contributed by atoms with Crippen LogP contribution in [0.1, 0.15) is 17.8 Å². The van der Waals surface area contributed by atoms with Gasteiger partial charge >= 0.3 is 0 Å². The number of methoxy groups -OCH3 is 2. The van der Waals surface area contributed by atoms with Crippen LogP contribution in [0.5, 0.6) is 11.5 Å². The first-order chi connectivity index (χ1) is 13.6. The lowest BCUT2D eigenvalue weighted by Gasteiger charge is -2.21. The molecule has 8 heteroatoms. The minimum atomic E-state index is 0.125. The molecule has 4 rings (SSSR count). The first kappa shape index (κ1) is 18.8. The molecule has 0 bridgehead atoms. The average molecular weight is 401 g/mol. The minimum absolute atomic E-state index is 0.125. The van der Waals surface area contributed by atoms with Crippen molar-refractivity contribution < 1.29 is 19.3 Å². The molecule has 2 N–H and O–H groups in total. The number of benzene rings is 1. The molecule has 2 aromatic rings. The van der Waals surface area contributed by atoms with E-state index in [1.165, 1.54) is 11.3 Å². The number of nitrogens with zero attached hydrogens (tertiary/aromatic N) is 2. The van der Waals surface area contributed by atoms with E-state index in [0.717, 1.165) is 30.7 Å². The van der Waals surface area contributed by atoms with Gasteiger partial charge in [0, 0.05) is 24.1 Å². The molecule has 7 nitrogen and oxygen atoms in total. The molecule has 1 atom stereocenters. The van der Waals surface area contributed by atoms with Gasteiger partial charge in [-0.15, -0.1) is 11.3 Å². The van der Waals surface area contributed by atoms with E-state index in [1.807, 2.05) is 28.5 Å². The number of amidine groups is 1. The molecule has 2 aliphatic heterocycles. The molecule has 0 unspecified atom stereocenters. The average Bonchev–Trinajstić information content (AvgIpc) is 3.43. The molecule has 1 aromatic carbocycles. The van der Waals surface area contributed by atoms with Crippen molar-refractivity contribution in [2.75, 3.05) is 33.9 Å². The quantitative estimate of drug-likeness (QED) is 0.769. The molecule has 0 saturated carbocycles. The molecule has 1 aromatic heterocycles. The summed E-state index contributed by atoms with van der Waals surface area (Å²) in [6, 6.07) is 5.54. The van der Waals surface area contributed by atoms with E-state index in [4.69, 9.17) is 19.6 Å². The molecule has 2 aliphatic rings. The van der Waals surface area contributed by atoms with Gasteiger partial charge in [0.2, 0.25) is 0 Å².